The summed E-state index contributed by atoms with van der Waals surface area (Å²) in [6, 6.07) is 15.8. The quantitative estimate of drug-likeness (QED) is 0.833. The van der Waals surface area contributed by atoms with Crippen molar-refractivity contribution in [3.63, 3.8) is 0 Å². The second kappa shape index (κ2) is 6.85. The molecule has 0 aliphatic carbocycles. The smallest absolute Gasteiger partial charge is 0.240 e. The molecular formula is C17H19NO3S. The van der Waals surface area contributed by atoms with Gasteiger partial charge in [0.2, 0.25) is 10.0 Å². The highest BCUT2D eigenvalue weighted by molar-refractivity contribution is 7.89. The maximum absolute atomic E-state index is 12.3. The van der Waals surface area contributed by atoms with Crippen LogP contribution in [0.1, 0.15) is 35.7 Å². The SMILES string of the molecule is CC(=O)c1cccc(S(=O)(=O)NC[C@@H](C)c2ccccc2)c1. The van der Waals surface area contributed by atoms with Gasteiger partial charge in [-0.15, -0.1) is 0 Å². The Bertz CT molecular complexity index is 754. The molecule has 0 saturated heterocycles. The Morgan fingerprint density at radius 1 is 1.09 bits per heavy atom. The van der Waals surface area contributed by atoms with E-state index in [9.17, 15) is 13.2 Å². The zero-order valence-electron chi connectivity index (χ0n) is 12.6. The van der Waals surface area contributed by atoms with E-state index >= 15 is 0 Å². The van der Waals surface area contributed by atoms with Crippen LogP contribution in [-0.4, -0.2) is 20.7 Å². The zero-order chi connectivity index (χ0) is 16.2. The summed E-state index contributed by atoms with van der Waals surface area (Å²) in [7, 11) is -3.62. The van der Waals surface area contributed by atoms with Crippen LogP contribution in [0.2, 0.25) is 0 Å². The maximum Gasteiger partial charge on any atom is 0.240 e. The van der Waals surface area contributed by atoms with E-state index in [-0.39, 0.29) is 16.6 Å². The second-order valence-electron chi connectivity index (χ2n) is 5.25. The van der Waals surface area contributed by atoms with Crippen molar-refractivity contribution in [1.82, 2.24) is 4.72 Å². The number of nitrogens with one attached hydrogen (secondary N) is 1. The summed E-state index contributed by atoms with van der Waals surface area (Å²) in [5.41, 5.74) is 1.46. The first-order chi connectivity index (χ1) is 10.4. The van der Waals surface area contributed by atoms with Crippen LogP contribution < -0.4 is 4.72 Å². The minimum absolute atomic E-state index is 0.0620. The highest BCUT2D eigenvalue weighted by Gasteiger charge is 2.16. The van der Waals surface area contributed by atoms with E-state index in [2.05, 4.69) is 4.72 Å². The fourth-order valence-electron chi connectivity index (χ4n) is 2.10. The van der Waals surface area contributed by atoms with Gasteiger partial charge < -0.3 is 0 Å². The first kappa shape index (κ1) is 16.4. The average molecular weight is 317 g/mol. The summed E-state index contributed by atoms with van der Waals surface area (Å²) in [6.45, 7) is 3.68. The Balaban J connectivity index is 2.11. The number of hydrogen-bond donors (Lipinski definition) is 1. The summed E-state index contributed by atoms with van der Waals surface area (Å²) in [5, 5.41) is 0. The lowest BCUT2D eigenvalue weighted by atomic mass is 10.0. The molecule has 1 N–H and O–H groups in total. The molecule has 2 aromatic carbocycles. The minimum atomic E-state index is -3.62. The largest absolute Gasteiger partial charge is 0.295 e. The Morgan fingerprint density at radius 2 is 1.77 bits per heavy atom. The lowest BCUT2D eigenvalue weighted by Crippen LogP contribution is -2.27. The third-order valence-electron chi connectivity index (χ3n) is 3.50. The highest BCUT2D eigenvalue weighted by Crippen LogP contribution is 2.16. The van der Waals surface area contributed by atoms with E-state index in [0.29, 0.717) is 12.1 Å². The molecular weight excluding hydrogens is 298 g/mol. The van der Waals surface area contributed by atoms with Crippen LogP contribution >= 0.6 is 0 Å². The molecule has 0 radical (unpaired) electrons. The van der Waals surface area contributed by atoms with E-state index < -0.39 is 10.0 Å². The van der Waals surface area contributed by atoms with Crippen LogP contribution in [0.4, 0.5) is 0 Å². The Morgan fingerprint density at radius 3 is 2.41 bits per heavy atom. The summed E-state index contributed by atoms with van der Waals surface area (Å²) in [6.07, 6.45) is 0. The molecule has 0 heterocycles. The lowest BCUT2D eigenvalue weighted by Gasteiger charge is -2.13. The molecule has 2 aromatic rings. The minimum Gasteiger partial charge on any atom is -0.295 e. The Kier molecular flexibility index (Phi) is 5.11. The van der Waals surface area contributed by atoms with Gasteiger partial charge in [-0.3, -0.25) is 4.79 Å². The van der Waals surface area contributed by atoms with Crippen molar-refractivity contribution in [3.05, 3.63) is 65.7 Å². The Labute approximate surface area is 131 Å². The molecule has 4 nitrogen and oxygen atoms in total. The molecule has 5 heteroatoms. The van der Waals surface area contributed by atoms with Crippen molar-refractivity contribution in [1.29, 1.82) is 0 Å². The highest BCUT2D eigenvalue weighted by atomic mass is 32.2. The van der Waals surface area contributed by atoms with Crippen LogP contribution in [-0.2, 0) is 10.0 Å². The van der Waals surface area contributed by atoms with Crippen molar-refractivity contribution in [2.24, 2.45) is 0 Å². The molecule has 0 saturated carbocycles. The molecule has 2 rings (SSSR count). The number of carbonyl (C=O) groups excluding carboxylic acids is 1. The normalized spacial score (nSPS) is 12.8. The topological polar surface area (TPSA) is 63.2 Å². The maximum atomic E-state index is 12.3. The van der Waals surface area contributed by atoms with Gasteiger partial charge in [0, 0.05) is 12.1 Å². The van der Waals surface area contributed by atoms with Gasteiger partial charge in [0.1, 0.15) is 0 Å². The van der Waals surface area contributed by atoms with Gasteiger partial charge in [-0.25, -0.2) is 13.1 Å². The van der Waals surface area contributed by atoms with Crippen LogP contribution in [0.5, 0.6) is 0 Å². The predicted octanol–water partition coefficient (Wildman–Crippen LogP) is 2.97. The van der Waals surface area contributed by atoms with Gasteiger partial charge in [0.05, 0.1) is 4.90 Å². The van der Waals surface area contributed by atoms with E-state index in [4.69, 9.17) is 0 Å². The number of ketones is 1. The molecule has 0 amide bonds. The monoisotopic (exact) mass is 317 g/mol. The van der Waals surface area contributed by atoms with Crippen molar-refractivity contribution in [2.45, 2.75) is 24.7 Å². The van der Waals surface area contributed by atoms with Crippen molar-refractivity contribution >= 4 is 15.8 Å². The van der Waals surface area contributed by atoms with Crippen LogP contribution in [0.3, 0.4) is 0 Å². The number of benzene rings is 2. The third-order valence-corrected chi connectivity index (χ3v) is 4.92. The summed E-state index contributed by atoms with van der Waals surface area (Å²) < 4.78 is 27.2. The van der Waals surface area contributed by atoms with Crippen LogP contribution in [0.15, 0.2) is 59.5 Å². The zero-order valence-corrected chi connectivity index (χ0v) is 13.4. The van der Waals surface area contributed by atoms with Gasteiger partial charge in [-0.1, -0.05) is 49.4 Å². The van der Waals surface area contributed by atoms with E-state index in [1.54, 1.807) is 12.1 Å². The molecule has 116 valence electrons. The van der Waals surface area contributed by atoms with Gasteiger partial charge >= 0.3 is 0 Å². The van der Waals surface area contributed by atoms with Gasteiger partial charge in [0.25, 0.3) is 0 Å². The molecule has 0 aliphatic rings. The number of Topliss-reactive ketones (excluding diaryl/α,β-unsaturated/α-hetero) is 1. The molecule has 0 fully saturated rings. The summed E-state index contributed by atoms with van der Waals surface area (Å²) in [5.74, 6) is -0.0957. The molecule has 0 unspecified atom stereocenters. The summed E-state index contributed by atoms with van der Waals surface area (Å²) in [4.78, 5) is 11.5. The predicted molar refractivity (Wildman–Crippen MR) is 86.5 cm³/mol. The molecule has 0 aliphatic heterocycles. The number of rotatable bonds is 6. The van der Waals surface area contributed by atoms with Crippen LogP contribution in [0.25, 0.3) is 0 Å². The fraction of sp³-hybridized carbons (Fsp3) is 0.235. The second-order valence-corrected chi connectivity index (χ2v) is 7.01. The van der Waals surface area contributed by atoms with Gasteiger partial charge in [0.15, 0.2) is 5.78 Å². The number of sulfonamides is 1. The molecule has 0 aromatic heterocycles. The van der Waals surface area contributed by atoms with Gasteiger partial charge in [-0.2, -0.15) is 0 Å². The molecule has 1 atom stereocenters. The summed E-state index contributed by atoms with van der Waals surface area (Å²) >= 11 is 0. The van der Waals surface area contributed by atoms with Crippen molar-refractivity contribution < 1.29 is 13.2 Å². The Hall–Kier alpha value is -1.98. The van der Waals surface area contributed by atoms with E-state index in [0.717, 1.165) is 5.56 Å². The van der Waals surface area contributed by atoms with E-state index in [1.807, 2.05) is 37.3 Å². The van der Waals surface area contributed by atoms with E-state index in [1.165, 1.54) is 19.1 Å². The fourth-order valence-corrected chi connectivity index (χ4v) is 3.28. The van der Waals surface area contributed by atoms with Crippen molar-refractivity contribution in [2.75, 3.05) is 6.54 Å². The van der Waals surface area contributed by atoms with Crippen molar-refractivity contribution in [3.8, 4) is 0 Å². The molecule has 0 spiro atoms. The van der Waals surface area contributed by atoms with Crippen LogP contribution in [0, 0.1) is 0 Å². The molecule has 0 bridgehead atoms. The number of carbonyl (C=O) groups is 1. The lowest BCUT2D eigenvalue weighted by molar-refractivity contribution is 0.101. The average Bonchev–Trinajstić information content (AvgIpc) is 2.53. The standard InChI is InChI=1S/C17H19NO3S/c1-13(15-7-4-3-5-8-15)12-18-22(20,21)17-10-6-9-16(11-17)14(2)19/h3-11,13,18H,12H2,1-2H3/t13-/m1/s1. The molecule has 22 heavy (non-hydrogen) atoms. The number of hydrogen-bond acceptors (Lipinski definition) is 3. The first-order valence-corrected chi connectivity index (χ1v) is 8.54. The van der Waals surface area contributed by atoms with Gasteiger partial charge in [-0.05, 0) is 30.5 Å². The first-order valence-electron chi connectivity index (χ1n) is 7.06. The third kappa shape index (κ3) is 4.02.